The number of rotatable bonds is 4. The number of aliphatic hydroxyl groups is 1. The maximum Gasteiger partial charge on any atom is 0.0462 e. The fraction of sp³-hybridized carbons (Fsp3) is 0.500. The summed E-state index contributed by atoms with van der Waals surface area (Å²) in [5.74, 6) is 0.846. The first-order chi connectivity index (χ1) is 6.29. The van der Waals surface area contributed by atoms with Gasteiger partial charge in [0.1, 0.15) is 0 Å². The molecule has 1 N–H and O–H groups in total. The molecule has 2 atom stereocenters. The number of hydrogen-bond acceptors (Lipinski definition) is 1. The lowest BCUT2D eigenvalue weighted by molar-refractivity contribution is 0.213. The van der Waals surface area contributed by atoms with Gasteiger partial charge in [0.05, 0.1) is 0 Å². The molecule has 0 aliphatic heterocycles. The van der Waals surface area contributed by atoms with Crippen LogP contribution in [0.4, 0.5) is 0 Å². The molecule has 0 amide bonds. The van der Waals surface area contributed by atoms with Crippen LogP contribution < -0.4 is 0 Å². The van der Waals surface area contributed by atoms with Crippen molar-refractivity contribution in [3.63, 3.8) is 0 Å². The molecule has 13 heavy (non-hydrogen) atoms. The van der Waals surface area contributed by atoms with E-state index >= 15 is 0 Å². The average molecular weight is 178 g/mol. The molecule has 0 radical (unpaired) electrons. The maximum atomic E-state index is 9.10. The van der Waals surface area contributed by atoms with E-state index in [4.69, 9.17) is 5.11 Å². The zero-order valence-electron chi connectivity index (χ0n) is 8.40. The van der Waals surface area contributed by atoms with Crippen molar-refractivity contribution in [3.05, 3.63) is 35.9 Å². The fourth-order valence-corrected chi connectivity index (χ4v) is 1.79. The van der Waals surface area contributed by atoms with Gasteiger partial charge in [-0.1, -0.05) is 44.2 Å². The van der Waals surface area contributed by atoms with Crippen molar-refractivity contribution in [2.24, 2.45) is 5.92 Å². The zero-order chi connectivity index (χ0) is 9.68. The molecular formula is C12H18O. The second kappa shape index (κ2) is 5.03. The average Bonchev–Trinajstić information content (AvgIpc) is 2.20. The third-order valence-electron chi connectivity index (χ3n) is 2.64. The van der Waals surface area contributed by atoms with Crippen LogP contribution in [-0.2, 0) is 0 Å². The highest BCUT2D eigenvalue weighted by Crippen LogP contribution is 2.26. The Morgan fingerprint density at radius 1 is 1.23 bits per heavy atom. The van der Waals surface area contributed by atoms with Gasteiger partial charge in [-0.3, -0.25) is 0 Å². The van der Waals surface area contributed by atoms with E-state index in [0.29, 0.717) is 11.8 Å². The summed E-state index contributed by atoms with van der Waals surface area (Å²) in [6.07, 6.45) is 1.09. The van der Waals surface area contributed by atoms with E-state index in [2.05, 4.69) is 38.1 Å². The number of aliphatic hydroxyl groups excluding tert-OH is 1. The van der Waals surface area contributed by atoms with Gasteiger partial charge in [-0.15, -0.1) is 0 Å². The van der Waals surface area contributed by atoms with Crippen molar-refractivity contribution in [2.45, 2.75) is 26.2 Å². The van der Waals surface area contributed by atoms with Crippen LogP contribution in [0.15, 0.2) is 30.3 Å². The summed E-state index contributed by atoms with van der Waals surface area (Å²) in [5.41, 5.74) is 1.34. The van der Waals surface area contributed by atoms with Crippen LogP contribution >= 0.6 is 0 Å². The predicted molar refractivity (Wildman–Crippen MR) is 55.7 cm³/mol. The van der Waals surface area contributed by atoms with Gasteiger partial charge in [-0.2, -0.15) is 0 Å². The summed E-state index contributed by atoms with van der Waals surface area (Å²) in [6, 6.07) is 10.4. The van der Waals surface area contributed by atoms with Crippen molar-refractivity contribution >= 4 is 0 Å². The van der Waals surface area contributed by atoms with Gasteiger partial charge in [0, 0.05) is 6.61 Å². The van der Waals surface area contributed by atoms with Crippen molar-refractivity contribution < 1.29 is 5.11 Å². The minimum Gasteiger partial charge on any atom is -0.396 e. The standard InChI is InChI=1S/C12H18O/c1-3-12(10(2)9-13)11-7-5-4-6-8-11/h4-8,10,12-13H,3,9H2,1-2H3. The highest BCUT2D eigenvalue weighted by atomic mass is 16.3. The molecule has 0 aliphatic rings. The van der Waals surface area contributed by atoms with E-state index in [9.17, 15) is 0 Å². The van der Waals surface area contributed by atoms with E-state index in [1.54, 1.807) is 0 Å². The molecule has 0 bridgehead atoms. The molecule has 72 valence electrons. The molecule has 1 aromatic carbocycles. The van der Waals surface area contributed by atoms with Gasteiger partial charge in [0.15, 0.2) is 0 Å². The maximum absolute atomic E-state index is 9.10. The van der Waals surface area contributed by atoms with E-state index < -0.39 is 0 Å². The normalized spacial score (nSPS) is 15.3. The summed E-state index contributed by atoms with van der Waals surface area (Å²) < 4.78 is 0. The van der Waals surface area contributed by atoms with E-state index in [1.165, 1.54) is 5.56 Å². The minimum absolute atomic E-state index is 0.271. The lowest BCUT2D eigenvalue weighted by Crippen LogP contribution is -2.12. The monoisotopic (exact) mass is 178 g/mol. The Morgan fingerprint density at radius 2 is 1.85 bits per heavy atom. The van der Waals surface area contributed by atoms with Crippen LogP contribution in [0.5, 0.6) is 0 Å². The lowest BCUT2D eigenvalue weighted by Gasteiger charge is -2.20. The topological polar surface area (TPSA) is 20.2 Å². The van der Waals surface area contributed by atoms with Crippen molar-refractivity contribution in [2.75, 3.05) is 6.61 Å². The number of benzene rings is 1. The largest absolute Gasteiger partial charge is 0.396 e. The molecule has 0 heterocycles. The van der Waals surface area contributed by atoms with E-state index in [-0.39, 0.29) is 6.61 Å². The van der Waals surface area contributed by atoms with Gasteiger partial charge >= 0.3 is 0 Å². The van der Waals surface area contributed by atoms with Crippen LogP contribution in [-0.4, -0.2) is 11.7 Å². The quantitative estimate of drug-likeness (QED) is 0.751. The first-order valence-corrected chi connectivity index (χ1v) is 4.95. The first kappa shape index (κ1) is 10.3. The first-order valence-electron chi connectivity index (χ1n) is 4.95. The van der Waals surface area contributed by atoms with Crippen molar-refractivity contribution in [1.82, 2.24) is 0 Å². The Hall–Kier alpha value is -0.820. The van der Waals surface area contributed by atoms with Gasteiger partial charge in [-0.25, -0.2) is 0 Å². The van der Waals surface area contributed by atoms with E-state index in [1.807, 2.05) is 6.07 Å². The zero-order valence-corrected chi connectivity index (χ0v) is 8.40. The van der Waals surface area contributed by atoms with Gasteiger partial charge < -0.3 is 5.11 Å². The van der Waals surface area contributed by atoms with Crippen LogP contribution in [0.3, 0.4) is 0 Å². The Kier molecular flexibility index (Phi) is 3.97. The summed E-state index contributed by atoms with van der Waals surface area (Å²) in [6.45, 7) is 4.54. The molecule has 0 saturated heterocycles. The number of hydrogen-bond donors (Lipinski definition) is 1. The van der Waals surface area contributed by atoms with Crippen molar-refractivity contribution in [3.8, 4) is 0 Å². The molecular weight excluding hydrogens is 160 g/mol. The summed E-state index contributed by atoms with van der Waals surface area (Å²) in [7, 11) is 0. The van der Waals surface area contributed by atoms with Crippen LogP contribution in [0.1, 0.15) is 31.7 Å². The predicted octanol–water partition coefficient (Wildman–Crippen LogP) is 2.81. The Labute approximate surface area is 80.4 Å². The highest BCUT2D eigenvalue weighted by Gasteiger charge is 2.15. The molecule has 1 nitrogen and oxygen atoms in total. The third kappa shape index (κ3) is 2.56. The smallest absolute Gasteiger partial charge is 0.0462 e. The molecule has 0 spiro atoms. The highest BCUT2D eigenvalue weighted by molar-refractivity contribution is 5.19. The molecule has 0 aromatic heterocycles. The third-order valence-corrected chi connectivity index (χ3v) is 2.64. The summed E-state index contributed by atoms with van der Waals surface area (Å²) in [5, 5.41) is 9.10. The van der Waals surface area contributed by atoms with Crippen molar-refractivity contribution in [1.29, 1.82) is 0 Å². The molecule has 1 aromatic rings. The lowest BCUT2D eigenvalue weighted by atomic mass is 9.86. The van der Waals surface area contributed by atoms with Crippen LogP contribution in [0.25, 0.3) is 0 Å². The van der Waals surface area contributed by atoms with E-state index in [0.717, 1.165) is 6.42 Å². The van der Waals surface area contributed by atoms with Gasteiger partial charge in [0.2, 0.25) is 0 Å². The summed E-state index contributed by atoms with van der Waals surface area (Å²) in [4.78, 5) is 0. The molecule has 0 saturated carbocycles. The Balaban J connectivity index is 2.78. The Morgan fingerprint density at radius 3 is 2.31 bits per heavy atom. The second-order valence-electron chi connectivity index (χ2n) is 3.59. The van der Waals surface area contributed by atoms with Crippen LogP contribution in [0.2, 0.25) is 0 Å². The second-order valence-corrected chi connectivity index (χ2v) is 3.59. The van der Waals surface area contributed by atoms with Crippen LogP contribution in [0, 0.1) is 5.92 Å². The molecule has 1 heteroatoms. The SMILES string of the molecule is CCC(c1ccccc1)C(C)CO. The van der Waals surface area contributed by atoms with Gasteiger partial charge in [-0.05, 0) is 23.8 Å². The molecule has 0 aliphatic carbocycles. The summed E-state index contributed by atoms with van der Waals surface area (Å²) >= 11 is 0. The van der Waals surface area contributed by atoms with Gasteiger partial charge in [0.25, 0.3) is 0 Å². The molecule has 2 unspecified atom stereocenters. The Bertz CT molecular complexity index is 230. The molecule has 1 rings (SSSR count). The minimum atomic E-state index is 0.271. The fourth-order valence-electron chi connectivity index (χ4n) is 1.79. The molecule has 0 fully saturated rings.